The second-order valence-electron chi connectivity index (χ2n) is 4.15. The van der Waals surface area contributed by atoms with E-state index in [0.717, 1.165) is 6.54 Å². The largest absolute Gasteiger partial charge is 0.374 e. The van der Waals surface area contributed by atoms with Gasteiger partial charge in [0.2, 0.25) is 10.0 Å². The molecule has 19 heavy (non-hydrogen) atoms. The van der Waals surface area contributed by atoms with E-state index in [2.05, 4.69) is 10.0 Å². The third-order valence-corrected chi connectivity index (χ3v) is 4.49. The van der Waals surface area contributed by atoms with Gasteiger partial charge >= 0.3 is 0 Å². The van der Waals surface area contributed by atoms with Crippen LogP contribution in [0, 0.1) is 0 Å². The molecule has 1 atom stereocenters. The molecule has 1 heterocycles. The van der Waals surface area contributed by atoms with E-state index in [-0.39, 0.29) is 27.6 Å². The molecule has 1 unspecified atom stereocenters. The number of nitrogens with one attached hydrogen (secondary N) is 2. The van der Waals surface area contributed by atoms with Crippen molar-refractivity contribution in [3.63, 3.8) is 0 Å². The van der Waals surface area contributed by atoms with E-state index in [4.69, 9.17) is 27.9 Å². The van der Waals surface area contributed by atoms with Gasteiger partial charge in [0.05, 0.1) is 17.6 Å². The summed E-state index contributed by atoms with van der Waals surface area (Å²) in [5.74, 6) is 0. The summed E-state index contributed by atoms with van der Waals surface area (Å²) < 4.78 is 32.1. The highest BCUT2D eigenvalue weighted by molar-refractivity contribution is 7.89. The molecule has 0 radical (unpaired) electrons. The van der Waals surface area contributed by atoms with Gasteiger partial charge in [-0.05, 0) is 18.2 Å². The summed E-state index contributed by atoms with van der Waals surface area (Å²) in [6.45, 7) is 2.20. The van der Waals surface area contributed by atoms with Gasteiger partial charge in [0.15, 0.2) is 0 Å². The van der Waals surface area contributed by atoms with E-state index < -0.39 is 10.0 Å². The van der Waals surface area contributed by atoms with Crippen LogP contribution in [0.2, 0.25) is 10.0 Å². The van der Waals surface area contributed by atoms with Crippen LogP contribution >= 0.6 is 23.2 Å². The molecular weight excluding hydrogens is 311 g/mol. The lowest BCUT2D eigenvalue weighted by molar-refractivity contribution is 0.0324. The fourth-order valence-electron chi connectivity index (χ4n) is 1.72. The molecule has 8 heteroatoms. The molecule has 2 N–H and O–H groups in total. The molecule has 1 saturated heterocycles. The van der Waals surface area contributed by atoms with Crippen LogP contribution in [0.4, 0.5) is 0 Å². The van der Waals surface area contributed by atoms with E-state index in [1.807, 2.05) is 0 Å². The average molecular weight is 325 g/mol. The van der Waals surface area contributed by atoms with Gasteiger partial charge in [-0.3, -0.25) is 0 Å². The van der Waals surface area contributed by atoms with E-state index in [9.17, 15) is 8.42 Å². The minimum Gasteiger partial charge on any atom is -0.374 e. The molecule has 0 saturated carbocycles. The zero-order valence-electron chi connectivity index (χ0n) is 10.0. The fourth-order valence-corrected chi connectivity index (χ4v) is 3.51. The maximum absolute atomic E-state index is 12.1. The van der Waals surface area contributed by atoms with Crippen LogP contribution in [0.3, 0.4) is 0 Å². The SMILES string of the molecule is O=S(=O)(NCC1CNCCO1)c1cc(Cl)cc(Cl)c1. The van der Waals surface area contributed by atoms with Crippen LogP contribution < -0.4 is 10.0 Å². The van der Waals surface area contributed by atoms with Crippen molar-refractivity contribution >= 4 is 33.2 Å². The first kappa shape index (κ1) is 15.0. The van der Waals surface area contributed by atoms with Crippen LogP contribution in [-0.2, 0) is 14.8 Å². The molecule has 1 aliphatic rings. The van der Waals surface area contributed by atoms with E-state index in [0.29, 0.717) is 13.2 Å². The molecule has 2 rings (SSSR count). The second-order valence-corrected chi connectivity index (χ2v) is 6.79. The first-order valence-corrected chi connectivity index (χ1v) is 7.99. The quantitative estimate of drug-likeness (QED) is 0.875. The van der Waals surface area contributed by atoms with Crippen molar-refractivity contribution in [2.75, 3.05) is 26.2 Å². The molecule has 5 nitrogen and oxygen atoms in total. The standard InChI is InChI=1S/C11H14Cl2N2O3S/c12-8-3-9(13)5-11(4-8)19(16,17)15-7-10-6-14-1-2-18-10/h3-5,10,14-15H,1-2,6-7H2. The minimum atomic E-state index is -3.63. The predicted octanol–water partition coefficient (Wildman–Crippen LogP) is 1.26. The maximum Gasteiger partial charge on any atom is 0.240 e. The smallest absolute Gasteiger partial charge is 0.240 e. The molecule has 0 aromatic heterocycles. The molecule has 0 spiro atoms. The molecule has 0 aliphatic carbocycles. The van der Waals surface area contributed by atoms with Crippen LogP contribution in [0.15, 0.2) is 23.1 Å². The summed E-state index contributed by atoms with van der Waals surface area (Å²) in [4.78, 5) is 0.0498. The Morgan fingerprint density at radius 2 is 2.00 bits per heavy atom. The van der Waals surface area contributed by atoms with Gasteiger partial charge in [-0.25, -0.2) is 13.1 Å². The van der Waals surface area contributed by atoms with Gasteiger partial charge in [-0.15, -0.1) is 0 Å². The van der Waals surface area contributed by atoms with Gasteiger partial charge in [0.25, 0.3) is 0 Å². The van der Waals surface area contributed by atoms with Crippen molar-refractivity contribution in [1.29, 1.82) is 0 Å². The Labute approximate surface area is 122 Å². The third kappa shape index (κ3) is 4.30. The number of sulfonamides is 1. The Balaban J connectivity index is 2.04. The lowest BCUT2D eigenvalue weighted by Gasteiger charge is -2.23. The van der Waals surface area contributed by atoms with Gasteiger partial charge in [-0.1, -0.05) is 23.2 Å². The number of rotatable bonds is 4. The molecule has 1 aromatic rings. The molecule has 1 aliphatic heterocycles. The minimum absolute atomic E-state index is 0.0498. The van der Waals surface area contributed by atoms with Crippen molar-refractivity contribution in [3.8, 4) is 0 Å². The van der Waals surface area contributed by atoms with Crippen LogP contribution in [0.5, 0.6) is 0 Å². The first-order valence-electron chi connectivity index (χ1n) is 5.75. The van der Waals surface area contributed by atoms with Crippen molar-refractivity contribution in [2.45, 2.75) is 11.0 Å². The highest BCUT2D eigenvalue weighted by Gasteiger charge is 2.19. The summed E-state index contributed by atoms with van der Waals surface area (Å²) in [6.07, 6.45) is -0.168. The highest BCUT2D eigenvalue weighted by Crippen LogP contribution is 2.22. The highest BCUT2D eigenvalue weighted by atomic mass is 35.5. The van der Waals surface area contributed by atoms with Crippen LogP contribution in [0.25, 0.3) is 0 Å². The Hall–Kier alpha value is -0.370. The Bertz CT molecular complexity index is 525. The molecule has 106 valence electrons. The molecule has 0 amide bonds. The van der Waals surface area contributed by atoms with Crippen LogP contribution in [-0.4, -0.2) is 40.8 Å². The van der Waals surface area contributed by atoms with Crippen molar-refractivity contribution in [1.82, 2.24) is 10.0 Å². The maximum atomic E-state index is 12.1. The monoisotopic (exact) mass is 324 g/mol. The topological polar surface area (TPSA) is 67.4 Å². The molecule has 0 bridgehead atoms. The number of morpholine rings is 1. The molecule has 1 aromatic carbocycles. The first-order chi connectivity index (χ1) is 8.97. The summed E-state index contributed by atoms with van der Waals surface area (Å²) in [5.41, 5.74) is 0. The lowest BCUT2D eigenvalue weighted by atomic mass is 10.3. The van der Waals surface area contributed by atoms with Crippen molar-refractivity contribution in [2.24, 2.45) is 0 Å². The summed E-state index contributed by atoms with van der Waals surface area (Å²) in [5, 5.41) is 3.69. The van der Waals surface area contributed by atoms with Gasteiger partial charge in [-0.2, -0.15) is 0 Å². The van der Waals surface area contributed by atoms with Gasteiger partial charge in [0, 0.05) is 29.7 Å². The third-order valence-electron chi connectivity index (χ3n) is 2.65. The number of halogens is 2. The van der Waals surface area contributed by atoms with Crippen molar-refractivity contribution < 1.29 is 13.2 Å². The molecule has 1 fully saturated rings. The summed E-state index contributed by atoms with van der Waals surface area (Å²) in [6, 6.07) is 4.20. The van der Waals surface area contributed by atoms with Gasteiger partial charge < -0.3 is 10.1 Å². The zero-order chi connectivity index (χ0) is 13.9. The number of hydrogen-bond acceptors (Lipinski definition) is 4. The molecular formula is C11H14Cl2N2O3S. The van der Waals surface area contributed by atoms with Crippen molar-refractivity contribution in [3.05, 3.63) is 28.2 Å². The number of ether oxygens (including phenoxy) is 1. The average Bonchev–Trinajstić information content (AvgIpc) is 2.37. The zero-order valence-corrected chi connectivity index (χ0v) is 12.4. The number of hydrogen-bond donors (Lipinski definition) is 2. The van der Waals surface area contributed by atoms with E-state index in [1.165, 1.54) is 18.2 Å². The Morgan fingerprint density at radius 1 is 1.32 bits per heavy atom. The predicted molar refractivity (Wildman–Crippen MR) is 74.3 cm³/mol. The van der Waals surface area contributed by atoms with E-state index in [1.54, 1.807) is 0 Å². The van der Waals surface area contributed by atoms with Gasteiger partial charge in [0.1, 0.15) is 0 Å². The van der Waals surface area contributed by atoms with E-state index >= 15 is 0 Å². The number of benzene rings is 1. The normalized spacial score (nSPS) is 20.4. The lowest BCUT2D eigenvalue weighted by Crippen LogP contribution is -2.45. The fraction of sp³-hybridized carbons (Fsp3) is 0.455. The summed E-state index contributed by atoms with van der Waals surface area (Å²) in [7, 11) is -3.63. The van der Waals surface area contributed by atoms with Crippen LogP contribution in [0.1, 0.15) is 0 Å². The Morgan fingerprint density at radius 3 is 2.58 bits per heavy atom. The second kappa shape index (κ2) is 6.39. The summed E-state index contributed by atoms with van der Waals surface area (Å²) >= 11 is 11.6. The Kier molecular flexibility index (Phi) is 5.05.